The zero-order valence-corrected chi connectivity index (χ0v) is 10.9. The van der Waals surface area contributed by atoms with Crippen molar-refractivity contribution in [2.45, 2.75) is 26.3 Å². The molecule has 0 aliphatic heterocycles. The Balaban J connectivity index is 2.16. The van der Waals surface area contributed by atoms with Gasteiger partial charge in [-0.2, -0.15) is 0 Å². The topological polar surface area (TPSA) is 32.3 Å². The van der Waals surface area contributed by atoms with E-state index < -0.39 is 0 Å². The van der Waals surface area contributed by atoms with Gasteiger partial charge in [-0.15, -0.1) is 0 Å². The van der Waals surface area contributed by atoms with E-state index in [1.165, 1.54) is 5.56 Å². The van der Waals surface area contributed by atoms with E-state index in [0.717, 1.165) is 17.7 Å². The van der Waals surface area contributed by atoms with Gasteiger partial charge in [0.05, 0.1) is 6.04 Å². The number of aromatic hydroxyl groups is 1. The molecular formula is C16H19NO. The van der Waals surface area contributed by atoms with Crippen LogP contribution in [0.25, 0.3) is 0 Å². The molecule has 0 aliphatic carbocycles. The summed E-state index contributed by atoms with van der Waals surface area (Å²) in [4.78, 5) is 0. The van der Waals surface area contributed by atoms with Crippen LogP contribution >= 0.6 is 0 Å². The fourth-order valence-electron chi connectivity index (χ4n) is 2.06. The number of anilines is 1. The van der Waals surface area contributed by atoms with Crippen molar-refractivity contribution in [3.63, 3.8) is 0 Å². The molecule has 2 aromatic rings. The number of aryl methyl sites for hydroxylation is 1. The maximum absolute atomic E-state index is 9.82. The molecule has 2 nitrogen and oxygen atoms in total. The van der Waals surface area contributed by atoms with Crippen LogP contribution in [0.1, 0.15) is 31.0 Å². The van der Waals surface area contributed by atoms with E-state index >= 15 is 0 Å². The van der Waals surface area contributed by atoms with E-state index in [2.05, 4.69) is 36.5 Å². The average Bonchev–Trinajstić information content (AvgIpc) is 2.39. The van der Waals surface area contributed by atoms with Gasteiger partial charge in [0, 0.05) is 11.3 Å². The van der Waals surface area contributed by atoms with Gasteiger partial charge in [0.15, 0.2) is 0 Å². The van der Waals surface area contributed by atoms with Crippen molar-refractivity contribution < 1.29 is 5.11 Å². The number of rotatable bonds is 4. The minimum Gasteiger partial charge on any atom is -0.508 e. The van der Waals surface area contributed by atoms with Gasteiger partial charge in [-0.1, -0.05) is 37.3 Å². The van der Waals surface area contributed by atoms with Crippen molar-refractivity contribution in [2.75, 3.05) is 5.32 Å². The van der Waals surface area contributed by atoms with Crippen molar-refractivity contribution in [2.24, 2.45) is 0 Å². The predicted molar refractivity (Wildman–Crippen MR) is 76.0 cm³/mol. The molecule has 0 amide bonds. The molecule has 2 aromatic carbocycles. The smallest absolute Gasteiger partial charge is 0.120 e. The summed E-state index contributed by atoms with van der Waals surface area (Å²) in [6.07, 6.45) is 1.03. The highest BCUT2D eigenvalue weighted by Crippen LogP contribution is 2.26. The molecule has 2 rings (SSSR count). The second-order valence-electron chi connectivity index (χ2n) is 4.48. The van der Waals surface area contributed by atoms with Crippen molar-refractivity contribution in [1.82, 2.24) is 0 Å². The summed E-state index contributed by atoms with van der Waals surface area (Å²) in [5.74, 6) is 0.337. The number of phenols is 1. The first kappa shape index (κ1) is 12.5. The van der Waals surface area contributed by atoms with Crippen LogP contribution < -0.4 is 5.32 Å². The Labute approximate surface area is 108 Å². The van der Waals surface area contributed by atoms with E-state index in [9.17, 15) is 5.11 Å². The zero-order chi connectivity index (χ0) is 13.0. The fourth-order valence-corrected chi connectivity index (χ4v) is 2.06. The van der Waals surface area contributed by atoms with Gasteiger partial charge in [0.1, 0.15) is 5.75 Å². The van der Waals surface area contributed by atoms with Gasteiger partial charge in [-0.3, -0.25) is 0 Å². The Hall–Kier alpha value is -1.96. The number of benzene rings is 2. The number of phenolic OH excluding ortho intramolecular Hbond substituents is 1. The standard InChI is InChI=1S/C16H19NO/c1-3-13-7-6-8-14(11-13)17-12(2)15-9-4-5-10-16(15)18/h4-12,17-18H,3H2,1-2H3. The van der Waals surface area contributed by atoms with Crippen LogP contribution in [0.15, 0.2) is 48.5 Å². The van der Waals surface area contributed by atoms with Crippen molar-refractivity contribution >= 4 is 5.69 Å². The van der Waals surface area contributed by atoms with Crippen molar-refractivity contribution in [1.29, 1.82) is 0 Å². The Morgan fingerprint density at radius 1 is 1.11 bits per heavy atom. The molecule has 0 aliphatic rings. The lowest BCUT2D eigenvalue weighted by molar-refractivity contribution is 0.465. The van der Waals surface area contributed by atoms with Crippen LogP contribution in [-0.4, -0.2) is 5.11 Å². The number of hydrogen-bond acceptors (Lipinski definition) is 2. The van der Waals surface area contributed by atoms with Crippen molar-refractivity contribution in [3.8, 4) is 5.75 Å². The third-order valence-electron chi connectivity index (χ3n) is 3.12. The van der Waals surface area contributed by atoms with E-state index in [1.54, 1.807) is 6.07 Å². The monoisotopic (exact) mass is 241 g/mol. The lowest BCUT2D eigenvalue weighted by Crippen LogP contribution is -2.06. The first-order valence-electron chi connectivity index (χ1n) is 6.34. The highest BCUT2D eigenvalue weighted by molar-refractivity contribution is 5.49. The number of hydrogen-bond donors (Lipinski definition) is 2. The Kier molecular flexibility index (Phi) is 3.88. The normalized spacial score (nSPS) is 12.1. The maximum Gasteiger partial charge on any atom is 0.120 e. The molecule has 0 radical (unpaired) electrons. The fraction of sp³-hybridized carbons (Fsp3) is 0.250. The molecule has 0 bridgehead atoms. The van der Waals surface area contributed by atoms with Gasteiger partial charge in [0.2, 0.25) is 0 Å². The molecule has 94 valence electrons. The molecule has 0 saturated carbocycles. The first-order valence-corrected chi connectivity index (χ1v) is 6.34. The minimum absolute atomic E-state index is 0.0818. The molecule has 1 unspecified atom stereocenters. The highest BCUT2D eigenvalue weighted by atomic mass is 16.3. The van der Waals surface area contributed by atoms with E-state index in [0.29, 0.717) is 5.75 Å². The summed E-state index contributed by atoms with van der Waals surface area (Å²) in [6, 6.07) is 15.9. The van der Waals surface area contributed by atoms with Gasteiger partial charge < -0.3 is 10.4 Å². The molecule has 2 heteroatoms. The van der Waals surface area contributed by atoms with E-state index in [-0.39, 0.29) is 6.04 Å². The summed E-state index contributed by atoms with van der Waals surface area (Å²) in [7, 11) is 0. The van der Waals surface area contributed by atoms with Crippen LogP contribution in [0.2, 0.25) is 0 Å². The third kappa shape index (κ3) is 2.83. The van der Waals surface area contributed by atoms with Crippen LogP contribution in [-0.2, 0) is 6.42 Å². The number of para-hydroxylation sites is 1. The van der Waals surface area contributed by atoms with Gasteiger partial charge >= 0.3 is 0 Å². The van der Waals surface area contributed by atoms with Gasteiger partial charge in [-0.05, 0) is 37.1 Å². The molecule has 2 N–H and O–H groups in total. The summed E-state index contributed by atoms with van der Waals surface area (Å²) in [6.45, 7) is 4.19. The highest BCUT2D eigenvalue weighted by Gasteiger charge is 2.09. The third-order valence-corrected chi connectivity index (χ3v) is 3.12. The Morgan fingerprint density at radius 2 is 1.89 bits per heavy atom. The van der Waals surface area contributed by atoms with E-state index in [1.807, 2.05) is 25.1 Å². The molecule has 0 aromatic heterocycles. The molecule has 0 fully saturated rings. The van der Waals surface area contributed by atoms with Crippen molar-refractivity contribution in [3.05, 3.63) is 59.7 Å². The van der Waals surface area contributed by atoms with Crippen LogP contribution in [0.3, 0.4) is 0 Å². The SMILES string of the molecule is CCc1cccc(NC(C)c2ccccc2O)c1. The van der Waals surface area contributed by atoms with Crippen LogP contribution in [0.5, 0.6) is 5.75 Å². The second kappa shape index (κ2) is 5.58. The molecule has 1 atom stereocenters. The summed E-state index contributed by atoms with van der Waals surface area (Å²) < 4.78 is 0. The van der Waals surface area contributed by atoms with Gasteiger partial charge in [0.25, 0.3) is 0 Å². The van der Waals surface area contributed by atoms with Crippen LogP contribution in [0, 0.1) is 0 Å². The molecule has 0 spiro atoms. The molecular weight excluding hydrogens is 222 g/mol. The van der Waals surface area contributed by atoms with Crippen LogP contribution in [0.4, 0.5) is 5.69 Å². The Bertz CT molecular complexity index is 522. The molecule has 0 heterocycles. The number of nitrogens with one attached hydrogen (secondary N) is 1. The molecule has 18 heavy (non-hydrogen) atoms. The van der Waals surface area contributed by atoms with Gasteiger partial charge in [-0.25, -0.2) is 0 Å². The summed E-state index contributed by atoms with van der Waals surface area (Å²) in [5, 5.41) is 13.2. The minimum atomic E-state index is 0.0818. The lowest BCUT2D eigenvalue weighted by atomic mass is 10.1. The summed E-state index contributed by atoms with van der Waals surface area (Å²) in [5.41, 5.74) is 3.31. The second-order valence-corrected chi connectivity index (χ2v) is 4.48. The molecule has 0 saturated heterocycles. The lowest BCUT2D eigenvalue weighted by Gasteiger charge is -2.17. The summed E-state index contributed by atoms with van der Waals surface area (Å²) >= 11 is 0. The quantitative estimate of drug-likeness (QED) is 0.843. The largest absolute Gasteiger partial charge is 0.508 e. The maximum atomic E-state index is 9.82. The average molecular weight is 241 g/mol. The zero-order valence-electron chi connectivity index (χ0n) is 10.9. The first-order chi connectivity index (χ1) is 8.70. The Morgan fingerprint density at radius 3 is 2.61 bits per heavy atom. The van der Waals surface area contributed by atoms with E-state index in [4.69, 9.17) is 0 Å². The predicted octanol–water partition coefficient (Wildman–Crippen LogP) is 4.13.